The first-order chi connectivity index (χ1) is 11.8. The zero-order valence-electron chi connectivity index (χ0n) is 14.5. The molecule has 1 aliphatic heterocycles. The van der Waals surface area contributed by atoms with Gasteiger partial charge in [-0.15, -0.1) is 0 Å². The van der Waals surface area contributed by atoms with Crippen molar-refractivity contribution in [2.75, 3.05) is 38.3 Å². The Morgan fingerprint density at radius 3 is 2.40 bits per heavy atom. The lowest BCUT2D eigenvalue weighted by Crippen LogP contribution is -2.29. The molecule has 0 bridgehead atoms. The second kappa shape index (κ2) is 9.08. The lowest BCUT2D eigenvalue weighted by Gasteiger charge is -2.29. The van der Waals surface area contributed by atoms with E-state index >= 15 is 0 Å². The number of rotatable bonds is 7. The van der Waals surface area contributed by atoms with E-state index in [1.54, 1.807) is 7.05 Å². The van der Waals surface area contributed by atoms with Crippen molar-refractivity contribution in [3.05, 3.63) is 29.8 Å². The van der Waals surface area contributed by atoms with Gasteiger partial charge in [0.1, 0.15) is 6.61 Å². The van der Waals surface area contributed by atoms with E-state index in [0.717, 1.165) is 18.7 Å². The number of carbonyl (C=O) groups excluding carboxylic acids is 1. The van der Waals surface area contributed by atoms with Gasteiger partial charge in [0, 0.05) is 32.4 Å². The Morgan fingerprint density at radius 1 is 1.16 bits per heavy atom. The highest BCUT2D eigenvalue weighted by Crippen LogP contribution is 2.20. The van der Waals surface area contributed by atoms with E-state index in [-0.39, 0.29) is 18.9 Å². The fraction of sp³-hybridized carbons (Fsp3) is 0.611. The topological polar surface area (TPSA) is 32.8 Å². The zero-order chi connectivity index (χ0) is 18.3. The molecule has 1 heterocycles. The molecular formula is C18H25F3N2O2. The maximum atomic E-state index is 12.0. The van der Waals surface area contributed by atoms with Crippen molar-refractivity contribution in [3.8, 4) is 0 Å². The fourth-order valence-corrected chi connectivity index (χ4v) is 2.86. The average molecular weight is 358 g/mol. The maximum absolute atomic E-state index is 12.0. The van der Waals surface area contributed by atoms with Gasteiger partial charge in [0.25, 0.3) is 0 Å². The third-order valence-corrected chi connectivity index (χ3v) is 4.23. The normalized spacial score (nSPS) is 15.3. The van der Waals surface area contributed by atoms with Gasteiger partial charge in [-0.25, -0.2) is 0 Å². The van der Waals surface area contributed by atoms with E-state index in [2.05, 4.69) is 21.8 Å². The number of amides is 1. The van der Waals surface area contributed by atoms with E-state index in [1.165, 1.54) is 29.8 Å². The Morgan fingerprint density at radius 2 is 1.80 bits per heavy atom. The van der Waals surface area contributed by atoms with Gasteiger partial charge in [0.05, 0.1) is 13.0 Å². The third-order valence-electron chi connectivity index (χ3n) is 4.23. The molecule has 0 atom stereocenters. The summed E-state index contributed by atoms with van der Waals surface area (Å²) in [7, 11) is 1.64. The molecule has 1 aliphatic rings. The predicted molar refractivity (Wildman–Crippen MR) is 90.5 cm³/mol. The maximum Gasteiger partial charge on any atom is 0.411 e. The Balaban J connectivity index is 1.75. The van der Waals surface area contributed by atoms with E-state index in [0.29, 0.717) is 6.54 Å². The van der Waals surface area contributed by atoms with Gasteiger partial charge >= 0.3 is 6.18 Å². The van der Waals surface area contributed by atoms with Crippen LogP contribution < -0.4 is 4.90 Å². The minimum absolute atomic E-state index is 0.0571. The van der Waals surface area contributed by atoms with Crippen LogP contribution in [-0.2, 0) is 16.1 Å². The second-order valence-electron chi connectivity index (χ2n) is 6.38. The molecule has 0 unspecified atom stereocenters. The number of anilines is 1. The van der Waals surface area contributed by atoms with Crippen LogP contribution in [0.5, 0.6) is 0 Å². The molecule has 4 nitrogen and oxygen atoms in total. The van der Waals surface area contributed by atoms with Gasteiger partial charge < -0.3 is 14.5 Å². The molecule has 2 rings (SSSR count). The Kier molecular flexibility index (Phi) is 7.11. The summed E-state index contributed by atoms with van der Waals surface area (Å²) in [5.41, 5.74) is 2.19. The highest BCUT2D eigenvalue weighted by molar-refractivity contribution is 5.76. The molecular weight excluding hydrogens is 333 g/mol. The number of hydrogen-bond donors (Lipinski definition) is 0. The summed E-state index contributed by atoms with van der Waals surface area (Å²) in [5, 5.41) is 0. The highest BCUT2D eigenvalue weighted by Gasteiger charge is 2.27. The van der Waals surface area contributed by atoms with Crippen LogP contribution in [0.1, 0.15) is 31.2 Å². The van der Waals surface area contributed by atoms with Crippen molar-refractivity contribution in [2.24, 2.45) is 0 Å². The molecule has 1 amide bonds. The summed E-state index contributed by atoms with van der Waals surface area (Å²) in [6, 6.07) is 8.11. The highest BCUT2D eigenvalue weighted by atomic mass is 19.4. The molecule has 1 aromatic carbocycles. The third kappa shape index (κ3) is 6.94. The van der Waals surface area contributed by atoms with Crippen molar-refractivity contribution < 1.29 is 22.7 Å². The molecule has 25 heavy (non-hydrogen) atoms. The summed E-state index contributed by atoms with van der Waals surface area (Å²) >= 11 is 0. The van der Waals surface area contributed by atoms with E-state index in [4.69, 9.17) is 0 Å². The Hall–Kier alpha value is -1.76. The van der Waals surface area contributed by atoms with Crippen LogP contribution in [0.3, 0.4) is 0 Å². The number of nitrogens with zero attached hydrogens (tertiary/aromatic N) is 2. The SMILES string of the molecule is CN(Cc1ccc(N2CCCCC2)cc1)C(=O)CCOCC(F)(F)F. The van der Waals surface area contributed by atoms with Gasteiger partial charge in [0.15, 0.2) is 0 Å². The van der Waals surface area contributed by atoms with Gasteiger partial charge in [-0.05, 0) is 37.0 Å². The average Bonchev–Trinajstić information content (AvgIpc) is 2.59. The first-order valence-corrected chi connectivity index (χ1v) is 8.57. The summed E-state index contributed by atoms with van der Waals surface area (Å²) in [4.78, 5) is 15.8. The largest absolute Gasteiger partial charge is 0.411 e. The number of alkyl halides is 3. The quantitative estimate of drug-likeness (QED) is 0.698. The lowest BCUT2D eigenvalue weighted by molar-refractivity contribution is -0.175. The van der Waals surface area contributed by atoms with Crippen LogP contribution in [0.15, 0.2) is 24.3 Å². The lowest BCUT2D eigenvalue weighted by atomic mass is 10.1. The number of carbonyl (C=O) groups is 1. The number of benzene rings is 1. The summed E-state index contributed by atoms with van der Waals surface area (Å²) < 4.78 is 40.4. The zero-order valence-corrected chi connectivity index (χ0v) is 14.5. The van der Waals surface area contributed by atoms with Crippen molar-refractivity contribution in [1.82, 2.24) is 4.90 Å². The molecule has 0 radical (unpaired) electrons. The minimum atomic E-state index is -4.36. The van der Waals surface area contributed by atoms with Crippen molar-refractivity contribution in [3.63, 3.8) is 0 Å². The number of halogens is 3. The molecule has 0 saturated carbocycles. The van der Waals surface area contributed by atoms with Crippen LogP contribution in [0.25, 0.3) is 0 Å². The molecule has 0 aromatic heterocycles. The Bertz CT molecular complexity index is 540. The standard InChI is InChI=1S/C18H25F3N2O2/c1-22(17(24)9-12-25-14-18(19,20)21)13-15-5-7-16(8-6-15)23-10-3-2-4-11-23/h5-8H,2-4,9-14H2,1H3. The molecule has 0 N–H and O–H groups in total. The number of piperidine rings is 1. The fourth-order valence-electron chi connectivity index (χ4n) is 2.86. The van der Waals surface area contributed by atoms with E-state index in [1.807, 2.05) is 12.1 Å². The molecule has 0 spiro atoms. The first-order valence-electron chi connectivity index (χ1n) is 8.57. The van der Waals surface area contributed by atoms with Gasteiger partial charge in [-0.3, -0.25) is 4.79 Å². The molecule has 1 saturated heterocycles. The van der Waals surface area contributed by atoms with Crippen LogP contribution in [-0.4, -0.2) is 50.3 Å². The Labute approximate surface area is 146 Å². The van der Waals surface area contributed by atoms with Crippen LogP contribution in [0.2, 0.25) is 0 Å². The second-order valence-corrected chi connectivity index (χ2v) is 6.38. The number of hydrogen-bond acceptors (Lipinski definition) is 3. The predicted octanol–water partition coefficient (Wildman–Crippen LogP) is 3.60. The van der Waals surface area contributed by atoms with E-state index < -0.39 is 12.8 Å². The van der Waals surface area contributed by atoms with Crippen molar-refractivity contribution >= 4 is 11.6 Å². The molecule has 1 fully saturated rings. The molecule has 1 aromatic rings. The van der Waals surface area contributed by atoms with Crippen molar-refractivity contribution in [1.29, 1.82) is 0 Å². The van der Waals surface area contributed by atoms with Gasteiger partial charge in [-0.2, -0.15) is 13.2 Å². The van der Waals surface area contributed by atoms with E-state index in [9.17, 15) is 18.0 Å². The smallest absolute Gasteiger partial charge is 0.372 e. The van der Waals surface area contributed by atoms with Gasteiger partial charge in [0.2, 0.25) is 5.91 Å². The van der Waals surface area contributed by atoms with Crippen LogP contribution in [0, 0.1) is 0 Å². The molecule has 7 heteroatoms. The number of ether oxygens (including phenoxy) is 1. The summed E-state index contributed by atoms with van der Waals surface area (Å²) in [6.45, 7) is 1.04. The van der Waals surface area contributed by atoms with Gasteiger partial charge in [-0.1, -0.05) is 12.1 Å². The van der Waals surface area contributed by atoms with Crippen LogP contribution >= 0.6 is 0 Å². The summed E-state index contributed by atoms with van der Waals surface area (Å²) in [5.74, 6) is -0.234. The van der Waals surface area contributed by atoms with Crippen LogP contribution in [0.4, 0.5) is 18.9 Å². The summed E-state index contributed by atoms with van der Waals surface area (Å²) in [6.07, 6.45) is -0.692. The monoisotopic (exact) mass is 358 g/mol. The molecule has 0 aliphatic carbocycles. The first kappa shape index (κ1) is 19.6. The van der Waals surface area contributed by atoms with Crippen molar-refractivity contribution in [2.45, 2.75) is 38.4 Å². The minimum Gasteiger partial charge on any atom is -0.372 e. The molecule has 140 valence electrons.